The lowest BCUT2D eigenvalue weighted by molar-refractivity contribution is -0.125. The molecule has 0 aromatic heterocycles. The van der Waals surface area contributed by atoms with Crippen molar-refractivity contribution < 1.29 is 9.59 Å². The molecule has 0 aliphatic carbocycles. The van der Waals surface area contributed by atoms with E-state index in [0.717, 1.165) is 5.56 Å². The molecule has 18 heavy (non-hydrogen) atoms. The average molecular weight is 264 g/mol. The van der Waals surface area contributed by atoms with E-state index in [1.807, 2.05) is 51.1 Å². The standard InChI is InChI=1S/C15H20O2S/c1-11(16)10-18-13(14(17)15(2,3)4)12-8-6-5-7-9-12/h5-9,13H,10H2,1-4H3. The minimum atomic E-state index is -0.399. The lowest BCUT2D eigenvalue weighted by atomic mass is 9.87. The van der Waals surface area contributed by atoms with Crippen molar-refractivity contribution in [3.05, 3.63) is 35.9 Å². The quantitative estimate of drug-likeness (QED) is 0.814. The first-order valence-electron chi connectivity index (χ1n) is 6.02. The Morgan fingerprint density at radius 3 is 2.17 bits per heavy atom. The molecule has 0 saturated carbocycles. The van der Waals surface area contributed by atoms with Crippen molar-refractivity contribution in [1.82, 2.24) is 0 Å². The van der Waals surface area contributed by atoms with Crippen molar-refractivity contribution in [2.75, 3.05) is 5.75 Å². The minimum absolute atomic E-state index is 0.0997. The van der Waals surface area contributed by atoms with Crippen LogP contribution in [0.2, 0.25) is 0 Å². The van der Waals surface area contributed by atoms with Crippen molar-refractivity contribution in [3.63, 3.8) is 0 Å². The number of thioether (sulfide) groups is 1. The summed E-state index contributed by atoms with van der Waals surface area (Å²) in [5, 5.41) is -0.255. The van der Waals surface area contributed by atoms with Crippen molar-refractivity contribution in [3.8, 4) is 0 Å². The fourth-order valence-electron chi connectivity index (χ4n) is 1.55. The van der Waals surface area contributed by atoms with Crippen LogP contribution in [0.4, 0.5) is 0 Å². The Labute approximate surface area is 113 Å². The van der Waals surface area contributed by atoms with Crippen LogP contribution in [0.3, 0.4) is 0 Å². The number of rotatable bonds is 5. The number of carbonyl (C=O) groups excluding carboxylic acids is 2. The Balaban J connectivity index is 2.96. The summed E-state index contributed by atoms with van der Waals surface area (Å²) < 4.78 is 0. The second-order valence-corrected chi connectivity index (χ2v) is 6.51. The first kappa shape index (κ1) is 15.0. The van der Waals surface area contributed by atoms with E-state index in [-0.39, 0.29) is 16.8 Å². The maximum Gasteiger partial charge on any atom is 0.155 e. The van der Waals surface area contributed by atoms with Gasteiger partial charge in [-0.15, -0.1) is 11.8 Å². The average Bonchev–Trinajstić information content (AvgIpc) is 2.29. The Morgan fingerprint density at radius 2 is 1.72 bits per heavy atom. The topological polar surface area (TPSA) is 34.1 Å². The summed E-state index contributed by atoms with van der Waals surface area (Å²) in [4.78, 5) is 23.6. The van der Waals surface area contributed by atoms with Gasteiger partial charge in [-0.3, -0.25) is 9.59 Å². The molecule has 0 saturated heterocycles. The van der Waals surface area contributed by atoms with Gasteiger partial charge in [0.25, 0.3) is 0 Å². The zero-order valence-corrected chi connectivity index (χ0v) is 12.2. The van der Waals surface area contributed by atoms with Crippen LogP contribution in [-0.4, -0.2) is 17.3 Å². The van der Waals surface area contributed by atoms with Crippen LogP contribution >= 0.6 is 11.8 Å². The SMILES string of the molecule is CC(=O)CSC(C(=O)C(C)(C)C)c1ccccc1. The first-order valence-corrected chi connectivity index (χ1v) is 7.07. The molecule has 0 spiro atoms. The van der Waals surface area contributed by atoms with Gasteiger partial charge < -0.3 is 0 Å². The first-order chi connectivity index (χ1) is 8.32. The minimum Gasteiger partial charge on any atom is -0.299 e. The number of benzene rings is 1. The molecule has 0 heterocycles. The Kier molecular flexibility index (Phi) is 5.15. The molecule has 3 heteroatoms. The highest BCUT2D eigenvalue weighted by atomic mass is 32.2. The van der Waals surface area contributed by atoms with Crippen molar-refractivity contribution in [2.45, 2.75) is 32.9 Å². The van der Waals surface area contributed by atoms with E-state index in [1.165, 1.54) is 11.8 Å². The third-order valence-electron chi connectivity index (χ3n) is 2.53. The van der Waals surface area contributed by atoms with E-state index in [2.05, 4.69) is 0 Å². The second kappa shape index (κ2) is 6.19. The number of ketones is 2. The van der Waals surface area contributed by atoms with Crippen LogP contribution in [0, 0.1) is 5.41 Å². The van der Waals surface area contributed by atoms with E-state index in [0.29, 0.717) is 5.75 Å². The molecule has 0 bridgehead atoms. The van der Waals surface area contributed by atoms with Crippen LogP contribution in [0.25, 0.3) is 0 Å². The molecular formula is C15H20O2S. The van der Waals surface area contributed by atoms with E-state index < -0.39 is 5.41 Å². The van der Waals surface area contributed by atoms with Crippen LogP contribution in [0.5, 0.6) is 0 Å². The molecule has 1 atom stereocenters. The van der Waals surface area contributed by atoms with Gasteiger partial charge in [0.05, 0.1) is 11.0 Å². The van der Waals surface area contributed by atoms with E-state index in [4.69, 9.17) is 0 Å². The summed E-state index contributed by atoms with van der Waals surface area (Å²) in [6.45, 7) is 7.30. The highest BCUT2D eigenvalue weighted by molar-refractivity contribution is 8.00. The third-order valence-corrected chi connectivity index (χ3v) is 3.93. The summed E-state index contributed by atoms with van der Waals surface area (Å²) in [5.41, 5.74) is 0.577. The highest BCUT2D eigenvalue weighted by Gasteiger charge is 2.31. The van der Waals surface area contributed by atoms with Crippen molar-refractivity contribution in [2.24, 2.45) is 5.41 Å². The van der Waals surface area contributed by atoms with Gasteiger partial charge in [0.1, 0.15) is 5.78 Å². The van der Waals surface area contributed by atoms with Crippen molar-refractivity contribution in [1.29, 1.82) is 0 Å². The molecule has 2 nitrogen and oxygen atoms in total. The summed E-state index contributed by atoms with van der Waals surface area (Å²) in [7, 11) is 0. The summed E-state index contributed by atoms with van der Waals surface area (Å²) >= 11 is 1.42. The Morgan fingerprint density at radius 1 is 1.17 bits per heavy atom. The molecule has 1 aromatic carbocycles. The van der Waals surface area contributed by atoms with E-state index in [1.54, 1.807) is 6.92 Å². The van der Waals surface area contributed by atoms with E-state index >= 15 is 0 Å². The molecular weight excluding hydrogens is 244 g/mol. The molecule has 0 aliphatic rings. The summed E-state index contributed by atoms with van der Waals surface area (Å²) in [6, 6.07) is 9.67. The predicted octanol–water partition coefficient (Wildman–Crippen LogP) is 3.67. The maximum absolute atomic E-state index is 12.4. The summed E-state index contributed by atoms with van der Waals surface area (Å²) in [6.07, 6.45) is 0. The van der Waals surface area contributed by atoms with Gasteiger partial charge in [-0.2, -0.15) is 0 Å². The Bertz CT molecular complexity index is 418. The van der Waals surface area contributed by atoms with Gasteiger partial charge in [0.2, 0.25) is 0 Å². The fraction of sp³-hybridized carbons (Fsp3) is 0.467. The number of carbonyl (C=O) groups is 2. The van der Waals surface area contributed by atoms with Gasteiger partial charge in [0.15, 0.2) is 5.78 Å². The predicted molar refractivity (Wildman–Crippen MR) is 76.8 cm³/mol. The lowest BCUT2D eigenvalue weighted by Gasteiger charge is -2.24. The zero-order chi connectivity index (χ0) is 13.8. The molecule has 98 valence electrons. The monoisotopic (exact) mass is 264 g/mol. The van der Waals surface area contributed by atoms with Crippen molar-refractivity contribution >= 4 is 23.3 Å². The Hall–Kier alpha value is -1.09. The van der Waals surface area contributed by atoms with Crippen LogP contribution in [-0.2, 0) is 9.59 Å². The van der Waals surface area contributed by atoms with Gasteiger partial charge in [-0.05, 0) is 12.5 Å². The molecule has 0 amide bonds. The van der Waals surface area contributed by atoms with Gasteiger partial charge in [0, 0.05) is 5.41 Å². The second-order valence-electron chi connectivity index (χ2n) is 5.42. The van der Waals surface area contributed by atoms with Crippen LogP contribution in [0.15, 0.2) is 30.3 Å². The number of hydrogen-bond acceptors (Lipinski definition) is 3. The zero-order valence-electron chi connectivity index (χ0n) is 11.4. The molecule has 0 aliphatic heterocycles. The van der Waals surface area contributed by atoms with Crippen LogP contribution < -0.4 is 0 Å². The smallest absolute Gasteiger partial charge is 0.155 e. The van der Waals surface area contributed by atoms with Gasteiger partial charge in [-0.25, -0.2) is 0 Å². The van der Waals surface area contributed by atoms with Crippen LogP contribution in [0.1, 0.15) is 38.5 Å². The maximum atomic E-state index is 12.4. The van der Waals surface area contributed by atoms with E-state index in [9.17, 15) is 9.59 Å². The third kappa shape index (κ3) is 4.30. The molecule has 0 fully saturated rings. The fourth-order valence-corrected chi connectivity index (χ4v) is 2.80. The van der Waals surface area contributed by atoms with Gasteiger partial charge in [-0.1, -0.05) is 51.1 Å². The molecule has 1 rings (SSSR count). The molecule has 0 N–H and O–H groups in total. The molecule has 0 radical (unpaired) electrons. The molecule has 1 aromatic rings. The number of Topliss-reactive ketones (excluding diaryl/α,β-unsaturated/α-hetero) is 2. The largest absolute Gasteiger partial charge is 0.299 e. The number of hydrogen-bond donors (Lipinski definition) is 0. The highest BCUT2D eigenvalue weighted by Crippen LogP contribution is 2.35. The van der Waals surface area contributed by atoms with Gasteiger partial charge >= 0.3 is 0 Å². The summed E-state index contributed by atoms with van der Waals surface area (Å²) in [5.74, 6) is 0.643. The lowest BCUT2D eigenvalue weighted by Crippen LogP contribution is -2.26. The normalized spacial score (nSPS) is 13.1. The molecule has 1 unspecified atom stereocenters.